The Morgan fingerprint density at radius 3 is 2.67 bits per heavy atom. The van der Waals surface area contributed by atoms with E-state index < -0.39 is 20.6 Å². The van der Waals surface area contributed by atoms with E-state index in [1.165, 1.54) is 6.26 Å². The third-order valence-electron chi connectivity index (χ3n) is 1.99. The van der Waals surface area contributed by atoms with Crippen molar-refractivity contribution in [3.05, 3.63) is 22.4 Å². The van der Waals surface area contributed by atoms with Crippen LogP contribution < -0.4 is 0 Å². The number of hydrogen-bond donors (Lipinski definition) is 0. The zero-order valence-electron chi connectivity index (χ0n) is 8.67. The Balaban J connectivity index is 2.55. The van der Waals surface area contributed by atoms with Crippen LogP contribution in [-0.4, -0.2) is 30.4 Å². The zero-order chi connectivity index (χ0) is 11.5. The van der Waals surface area contributed by atoms with Gasteiger partial charge in [-0.15, -0.1) is 11.3 Å². The fourth-order valence-electron chi connectivity index (χ4n) is 1.06. The summed E-state index contributed by atoms with van der Waals surface area (Å²) in [6.07, 6.45) is 1.17. The average molecular weight is 266 g/mol. The van der Waals surface area contributed by atoms with Gasteiger partial charge in [-0.3, -0.25) is 4.21 Å². The Kier molecular flexibility index (Phi) is 4.48. The molecule has 0 saturated heterocycles. The molecule has 3 nitrogen and oxygen atoms in total. The van der Waals surface area contributed by atoms with E-state index in [-0.39, 0.29) is 16.8 Å². The van der Waals surface area contributed by atoms with Gasteiger partial charge in [-0.05, 0) is 18.4 Å². The van der Waals surface area contributed by atoms with Crippen molar-refractivity contribution in [3.8, 4) is 0 Å². The molecule has 0 aliphatic carbocycles. The van der Waals surface area contributed by atoms with Gasteiger partial charge in [0.15, 0.2) is 0 Å². The van der Waals surface area contributed by atoms with E-state index in [4.69, 9.17) is 0 Å². The summed E-state index contributed by atoms with van der Waals surface area (Å²) in [6.45, 7) is 1.87. The van der Waals surface area contributed by atoms with Gasteiger partial charge >= 0.3 is 0 Å². The largest absolute Gasteiger partial charge is 0.259 e. The van der Waals surface area contributed by atoms with Crippen molar-refractivity contribution in [1.82, 2.24) is 0 Å². The highest BCUT2D eigenvalue weighted by molar-refractivity contribution is 7.92. The quantitative estimate of drug-likeness (QED) is 0.813. The first-order valence-corrected chi connectivity index (χ1v) is 8.80. The maximum Gasteiger partial charge on any atom is 0.148 e. The van der Waals surface area contributed by atoms with E-state index in [0.29, 0.717) is 0 Å². The van der Waals surface area contributed by atoms with Crippen LogP contribution in [-0.2, 0) is 20.6 Å². The van der Waals surface area contributed by atoms with Crippen LogP contribution in [0.2, 0.25) is 0 Å². The Hall–Kier alpha value is -0.200. The molecule has 1 aromatic rings. The summed E-state index contributed by atoms with van der Waals surface area (Å²) in [5.74, 6) is 0.216. The SMILES string of the molecule is C[C@@H](c1cccs1)[S@](=O)CCS(C)(=O)=O. The molecule has 15 heavy (non-hydrogen) atoms. The molecular weight excluding hydrogens is 252 g/mol. The number of hydrogen-bond acceptors (Lipinski definition) is 4. The molecule has 0 fully saturated rings. The van der Waals surface area contributed by atoms with Crippen LogP contribution in [0.25, 0.3) is 0 Å². The van der Waals surface area contributed by atoms with Gasteiger partial charge < -0.3 is 0 Å². The lowest BCUT2D eigenvalue weighted by molar-refractivity contribution is 0.602. The molecule has 0 aliphatic rings. The lowest BCUT2D eigenvalue weighted by atomic mass is 10.4. The van der Waals surface area contributed by atoms with Gasteiger partial charge in [0.25, 0.3) is 0 Å². The molecule has 0 aromatic carbocycles. The first-order chi connectivity index (χ1) is 6.90. The van der Waals surface area contributed by atoms with Gasteiger partial charge in [0, 0.05) is 27.7 Å². The molecule has 0 amide bonds. The van der Waals surface area contributed by atoms with Gasteiger partial charge in [0.2, 0.25) is 0 Å². The molecule has 86 valence electrons. The number of sulfone groups is 1. The first kappa shape index (κ1) is 12.9. The molecule has 0 aliphatic heterocycles. The Morgan fingerprint density at radius 1 is 1.53 bits per heavy atom. The van der Waals surface area contributed by atoms with E-state index in [0.717, 1.165) is 4.88 Å². The van der Waals surface area contributed by atoms with Gasteiger partial charge in [-0.25, -0.2) is 8.42 Å². The maximum atomic E-state index is 11.7. The lowest BCUT2D eigenvalue weighted by Crippen LogP contribution is -2.14. The maximum absolute atomic E-state index is 11.7. The summed E-state index contributed by atoms with van der Waals surface area (Å²) in [7, 11) is -4.12. The molecule has 0 bridgehead atoms. The van der Waals surface area contributed by atoms with Crippen molar-refractivity contribution in [2.45, 2.75) is 12.2 Å². The fraction of sp³-hybridized carbons (Fsp3) is 0.556. The van der Waals surface area contributed by atoms with Crippen LogP contribution in [0, 0.1) is 0 Å². The monoisotopic (exact) mass is 266 g/mol. The highest BCUT2D eigenvalue weighted by Gasteiger charge is 2.16. The molecule has 0 unspecified atom stereocenters. The molecule has 0 N–H and O–H groups in total. The van der Waals surface area contributed by atoms with E-state index in [1.807, 2.05) is 24.4 Å². The third-order valence-corrected chi connectivity index (χ3v) is 6.05. The minimum Gasteiger partial charge on any atom is -0.259 e. The molecule has 1 rings (SSSR count). The van der Waals surface area contributed by atoms with Crippen molar-refractivity contribution in [2.75, 3.05) is 17.8 Å². The minimum absolute atomic E-state index is 0.00464. The van der Waals surface area contributed by atoms with Crippen molar-refractivity contribution in [3.63, 3.8) is 0 Å². The summed E-state index contributed by atoms with van der Waals surface area (Å²) in [4.78, 5) is 1.04. The van der Waals surface area contributed by atoms with Crippen molar-refractivity contribution < 1.29 is 12.6 Å². The molecular formula is C9H14O3S3. The van der Waals surface area contributed by atoms with Crippen LogP contribution in [0.1, 0.15) is 17.1 Å². The average Bonchev–Trinajstić information content (AvgIpc) is 2.64. The van der Waals surface area contributed by atoms with Gasteiger partial charge in [-0.1, -0.05) is 6.07 Å². The van der Waals surface area contributed by atoms with Crippen LogP contribution in [0.15, 0.2) is 17.5 Å². The predicted octanol–water partition coefficient (Wildman–Crippen LogP) is 1.60. The molecule has 1 heterocycles. The van der Waals surface area contributed by atoms with E-state index in [1.54, 1.807) is 11.3 Å². The second-order valence-electron chi connectivity index (χ2n) is 3.37. The zero-order valence-corrected chi connectivity index (χ0v) is 11.1. The highest BCUT2D eigenvalue weighted by Crippen LogP contribution is 2.23. The summed E-state index contributed by atoms with van der Waals surface area (Å²) < 4.78 is 33.6. The smallest absolute Gasteiger partial charge is 0.148 e. The number of rotatable bonds is 5. The summed E-state index contributed by atoms with van der Waals surface area (Å²) in [5.41, 5.74) is 0. The van der Waals surface area contributed by atoms with E-state index >= 15 is 0 Å². The highest BCUT2D eigenvalue weighted by atomic mass is 32.2. The van der Waals surface area contributed by atoms with E-state index in [2.05, 4.69) is 0 Å². The normalized spacial score (nSPS) is 16.1. The molecule has 0 radical (unpaired) electrons. The minimum atomic E-state index is -3.01. The second kappa shape index (κ2) is 5.23. The van der Waals surface area contributed by atoms with Crippen LogP contribution in [0.4, 0.5) is 0 Å². The van der Waals surface area contributed by atoms with E-state index in [9.17, 15) is 12.6 Å². The third kappa shape index (κ3) is 4.44. The first-order valence-electron chi connectivity index (χ1n) is 4.48. The summed E-state index contributed by atoms with van der Waals surface area (Å²) in [5, 5.41) is 1.85. The molecule has 0 spiro atoms. The Labute approximate surface area is 96.9 Å². The Bertz CT molecular complexity index is 419. The molecule has 6 heteroatoms. The Morgan fingerprint density at radius 2 is 2.20 bits per heavy atom. The summed E-state index contributed by atoms with van der Waals surface area (Å²) >= 11 is 1.55. The van der Waals surface area contributed by atoms with Crippen molar-refractivity contribution in [2.24, 2.45) is 0 Å². The topological polar surface area (TPSA) is 51.2 Å². The second-order valence-corrected chi connectivity index (χ2v) is 8.49. The molecule has 1 aromatic heterocycles. The number of thiophene rings is 1. The fourth-order valence-corrected chi connectivity index (χ4v) is 4.77. The van der Waals surface area contributed by atoms with Crippen LogP contribution >= 0.6 is 11.3 Å². The van der Waals surface area contributed by atoms with Crippen LogP contribution in [0.5, 0.6) is 0 Å². The molecule has 0 saturated carbocycles. The standard InChI is InChI=1S/C9H14O3S3/c1-8(9-4-3-5-13-9)14(10)6-7-15(2,11)12/h3-5,8H,6-7H2,1-2H3/t8-,14+/m0/s1. The predicted molar refractivity (Wildman–Crippen MR) is 65.5 cm³/mol. The molecule has 2 atom stereocenters. The van der Waals surface area contributed by atoms with Gasteiger partial charge in [0.1, 0.15) is 9.84 Å². The van der Waals surface area contributed by atoms with Crippen molar-refractivity contribution in [1.29, 1.82) is 0 Å². The van der Waals surface area contributed by atoms with Crippen molar-refractivity contribution >= 4 is 32.0 Å². The summed E-state index contributed by atoms with van der Waals surface area (Å²) in [6, 6.07) is 3.83. The van der Waals surface area contributed by atoms with Gasteiger partial charge in [0.05, 0.1) is 11.0 Å². The van der Waals surface area contributed by atoms with Gasteiger partial charge in [-0.2, -0.15) is 0 Å². The lowest BCUT2D eigenvalue weighted by Gasteiger charge is -2.08. The van der Waals surface area contributed by atoms with Crippen LogP contribution in [0.3, 0.4) is 0 Å².